The van der Waals surface area contributed by atoms with Crippen molar-refractivity contribution in [3.63, 3.8) is 0 Å². The van der Waals surface area contributed by atoms with Gasteiger partial charge >= 0.3 is 0 Å². The molecule has 84 valence electrons. The summed E-state index contributed by atoms with van der Waals surface area (Å²) in [4.78, 5) is 11.1. The summed E-state index contributed by atoms with van der Waals surface area (Å²) in [5.41, 5.74) is 0. The minimum Gasteiger partial charge on any atom is -0.380 e. The average Bonchev–Trinajstić information content (AvgIpc) is 2.20. The van der Waals surface area contributed by atoms with E-state index in [-0.39, 0.29) is 5.91 Å². The molecular formula is C10H20ClNO2. The van der Waals surface area contributed by atoms with Gasteiger partial charge in [-0.15, -0.1) is 11.6 Å². The lowest BCUT2D eigenvalue weighted by molar-refractivity contribution is -0.121. The fourth-order valence-corrected chi connectivity index (χ4v) is 1.09. The fraction of sp³-hybridized carbons (Fsp3) is 0.900. The zero-order chi connectivity index (χ0) is 10.6. The molecule has 0 aliphatic heterocycles. The van der Waals surface area contributed by atoms with Gasteiger partial charge in [0.15, 0.2) is 0 Å². The number of ether oxygens (including phenoxy) is 1. The second kappa shape index (κ2) is 10.8. The number of rotatable bonds is 9. The Labute approximate surface area is 91.2 Å². The summed E-state index contributed by atoms with van der Waals surface area (Å²) < 4.78 is 5.16. The van der Waals surface area contributed by atoms with E-state index in [1.807, 2.05) is 0 Å². The Bertz CT molecular complexity index is 142. The van der Waals surface area contributed by atoms with Crippen LogP contribution in [0.15, 0.2) is 0 Å². The highest BCUT2D eigenvalue weighted by molar-refractivity contribution is 6.17. The molecule has 0 fully saturated rings. The van der Waals surface area contributed by atoms with Gasteiger partial charge in [0, 0.05) is 25.5 Å². The molecule has 1 N–H and O–H groups in total. The summed E-state index contributed by atoms with van der Waals surface area (Å²) in [6.45, 7) is 4.03. The third kappa shape index (κ3) is 9.81. The Balaban J connectivity index is 3.07. The van der Waals surface area contributed by atoms with E-state index < -0.39 is 0 Å². The van der Waals surface area contributed by atoms with Crippen LogP contribution in [-0.2, 0) is 9.53 Å². The third-order valence-electron chi connectivity index (χ3n) is 1.77. The Hall–Kier alpha value is -0.280. The van der Waals surface area contributed by atoms with Crippen LogP contribution in [0, 0.1) is 0 Å². The van der Waals surface area contributed by atoms with E-state index in [1.54, 1.807) is 0 Å². The molecular weight excluding hydrogens is 202 g/mol. The molecule has 0 aromatic rings. The first kappa shape index (κ1) is 13.7. The summed E-state index contributed by atoms with van der Waals surface area (Å²) in [5.74, 6) is 0.673. The second-order valence-corrected chi connectivity index (χ2v) is 3.49. The van der Waals surface area contributed by atoms with Crippen molar-refractivity contribution in [1.29, 1.82) is 0 Å². The lowest BCUT2D eigenvalue weighted by Crippen LogP contribution is -2.24. The van der Waals surface area contributed by atoms with E-state index in [2.05, 4.69) is 12.2 Å². The van der Waals surface area contributed by atoms with E-state index in [0.29, 0.717) is 32.1 Å². The maximum absolute atomic E-state index is 11.1. The molecule has 0 heterocycles. The molecule has 0 aromatic heterocycles. The summed E-state index contributed by atoms with van der Waals surface area (Å²) in [6, 6.07) is 0. The highest BCUT2D eigenvalue weighted by Crippen LogP contribution is 1.93. The third-order valence-corrected chi connectivity index (χ3v) is 1.92. The molecule has 0 radical (unpaired) electrons. The van der Waals surface area contributed by atoms with Crippen LogP contribution in [0.3, 0.4) is 0 Å². The quantitative estimate of drug-likeness (QED) is 0.477. The number of halogens is 1. The maximum Gasteiger partial charge on any atom is 0.219 e. The normalized spacial score (nSPS) is 10.1. The number of hydrogen-bond acceptors (Lipinski definition) is 2. The van der Waals surface area contributed by atoms with Crippen LogP contribution in [0.5, 0.6) is 0 Å². The zero-order valence-corrected chi connectivity index (χ0v) is 9.61. The Kier molecular flexibility index (Phi) is 10.6. The van der Waals surface area contributed by atoms with Crippen LogP contribution in [-0.4, -0.2) is 31.5 Å². The van der Waals surface area contributed by atoms with Crippen LogP contribution in [0.1, 0.15) is 32.6 Å². The predicted octanol–water partition coefficient (Wildman–Crippen LogP) is 1.94. The van der Waals surface area contributed by atoms with E-state index in [0.717, 1.165) is 19.3 Å². The predicted molar refractivity (Wildman–Crippen MR) is 58.7 cm³/mol. The van der Waals surface area contributed by atoms with Gasteiger partial charge in [0.2, 0.25) is 5.91 Å². The van der Waals surface area contributed by atoms with Crippen LogP contribution >= 0.6 is 11.6 Å². The van der Waals surface area contributed by atoms with Gasteiger partial charge in [-0.25, -0.2) is 0 Å². The van der Waals surface area contributed by atoms with E-state index in [4.69, 9.17) is 16.3 Å². The molecule has 1 amide bonds. The highest BCUT2D eigenvalue weighted by Gasteiger charge is 1.98. The first-order valence-electron chi connectivity index (χ1n) is 5.21. The van der Waals surface area contributed by atoms with E-state index in [9.17, 15) is 4.79 Å². The molecule has 0 aliphatic carbocycles. The van der Waals surface area contributed by atoms with Crippen LogP contribution in [0.2, 0.25) is 0 Å². The molecule has 0 spiro atoms. The molecule has 0 bridgehead atoms. The summed E-state index contributed by atoms with van der Waals surface area (Å²) in [7, 11) is 0. The number of amides is 1. The SMILES string of the molecule is CCCCC(=O)NCCCOCCCl. The van der Waals surface area contributed by atoms with Crippen molar-refractivity contribution in [2.24, 2.45) is 0 Å². The van der Waals surface area contributed by atoms with Crippen molar-refractivity contribution in [1.82, 2.24) is 5.32 Å². The minimum atomic E-state index is 0.143. The maximum atomic E-state index is 11.1. The van der Waals surface area contributed by atoms with Gasteiger partial charge in [0.25, 0.3) is 0 Å². The number of hydrogen-bond donors (Lipinski definition) is 1. The molecule has 0 rings (SSSR count). The number of carbonyl (C=O) groups is 1. The molecule has 0 saturated heterocycles. The lowest BCUT2D eigenvalue weighted by Gasteiger charge is -2.04. The summed E-state index contributed by atoms with van der Waals surface area (Å²) >= 11 is 5.43. The molecule has 14 heavy (non-hydrogen) atoms. The first-order valence-corrected chi connectivity index (χ1v) is 5.75. The van der Waals surface area contributed by atoms with E-state index in [1.165, 1.54) is 0 Å². The molecule has 3 nitrogen and oxygen atoms in total. The van der Waals surface area contributed by atoms with Gasteiger partial charge in [0.05, 0.1) is 6.61 Å². The Morgan fingerprint density at radius 2 is 2.14 bits per heavy atom. The van der Waals surface area contributed by atoms with Crippen molar-refractivity contribution >= 4 is 17.5 Å². The Morgan fingerprint density at radius 3 is 2.79 bits per heavy atom. The molecule has 0 saturated carbocycles. The van der Waals surface area contributed by atoms with Gasteiger partial charge in [-0.05, 0) is 12.8 Å². The summed E-state index contributed by atoms with van der Waals surface area (Å²) in [5, 5.41) is 2.84. The standard InChI is InChI=1S/C10H20ClNO2/c1-2-3-5-10(13)12-7-4-8-14-9-6-11/h2-9H2,1H3,(H,12,13). The smallest absolute Gasteiger partial charge is 0.219 e. The number of nitrogens with one attached hydrogen (secondary N) is 1. The first-order chi connectivity index (χ1) is 6.81. The number of unbranched alkanes of at least 4 members (excludes halogenated alkanes) is 1. The average molecular weight is 222 g/mol. The fourth-order valence-electron chi connectivity index (χ4n) is 0.984. The molecule has 0 atom stereocenters. The molecule has 0 aromatic carbocycles. The van der Waals surface area contributed by atoms with Gasteiger partial charge in [-0.3, -0.25) is 4.79 Å². The molecule has 0 unspecified atom stereocenters. The molecule has 0 aliphatic rings. The van der Waals surface area contributed by atoms with Gasteiger partial charge in [-0.2, -0.15) is 0 Å². The topological polar surface area (TPSA) is 38.3 Å². The number of alkyl halides is 1. The Morgan fingerprint density at radius 1 is 1.36 bits per heavy atom. The highest BCUT2D eigenvalue weighted by atomic mass is 35.5. The molecule has 4 heteroatoms. The monoisotopic (exact) mass is 221 g/mol. The van der Waals surface area contributed by atoms with Gasteiger partial charge in [-0.1, -0.05) is 13.3 Å². The van der Waals surface area contributed by atoms with Crippen LogP contribution < -0.4 is 5.32 Å². The van der Waals surface area contributed by atoms with Crippen molar-refractivity contribution in [2.45, 2.75) is 32.6 Å². The van der Waals surface area contributed by atoms with Crippen molar-refractivity contribution in [2.75, 3.05) is 25.6 Å². The largest absolute Gasteiger partial charge is 0.380 e. The van der Waals surface area contributed by atoms with Crippen molar-refractivity contribution < 1.29 is 9.53 Å². The zero-order valence-electron chi connectivity index (χ0n) is 8.85. The second-order valence-electron chi connectivity index (χ2n) is 3.11. The minimum absolute atomic E-state index is 0.143. The van der Waals surface area contributed by atoms with Crippen molar-refractivity contribution in [3.8, 4) is 0 Å². The van der Waals surface area contributed by atoms with Gasteiger partial charge in [0.1, 0.15) is 0 Å². The summed E-state index contributed by atoms with van der Waals surface area (Å²) in [6.07, 6.45) is 3.52. The van der Waals surface area contributed by atoms with Crippen molar-refractivity contribution in [3.05, 3.63) is 0 Å². The van der Waals surface area contributed by atoms with E-state index >= 15 is 0 Å². The van der Waals surface area contributed by atoms with Gasteiger partial charge < -0.3 is 10.1 Å². The number of carbonyl (C=O) groups excluding carboxylic acids is 1. The van der Waals surface area contributed by atoms with Crippen LogP contribution in [0.25, 0.3) is 0 Å². The van der Waals surface area contributed by atoms with Crippen LogP contribution in [0.4, 0.5) is 0 Å². The lowest BCUT2D eigenvalue weighted by atomic mass is 10.2.